The van der Waals surface area contributed by atoms with Gasteiger partial charge in [-0.15, -0.1) is 0 Å². The number of likely N-dealkylation sites (N-methyl/N-ethyl adjacent to an activating group) is 2. The van der Waals surface area contributed by atoms with Crippen molar-refractivity contribution >= 4 is 5.91 Å². The Morgan fingerprint density at radius 2 is 1.86 bits per heavy atom. The molecule has 0 bridgehead atoms. The Kier molecular flexibility index (Phi) is 3.65. The summed E-state index contributed by atoms with van der Waals surface area (Å²) in [6.07, 6.45) is 0. The summed E-state index contributed by atoms with van der Waals surface area (Å²) in [5.74, 6) is 0.0682. The molecule has 0 aliphatic rings. The van der Waals surface area contributed by atoms with Gasteiger partial charge in [-0.1, -0.05) is 30.3 Å². The molecule has 0 heterocycles. The normalized spacial score (nSPS) is 12.2. The van der Waals surface area contributed by atoms with Gasteiger partial charge >= 0.3 is 0 Å². The number of hydrogen-bond donors (Lipinski definition) is 1. The molecule has 0 saturated carbocycles. The van der Waals surface area contributed by atoms with Crippen molar-refractivity contribution in [1.29, 1.82) is 0 Å². The first kappa shape index (κ1) is 10.7. The van der Waals surface area contributed by atoms with Gasteiger partial charge in [0.15, 0.2) is 0 Å². The van der Waals surface area contributed by atoms with Gasteiger partial charge in [0.05, 0.1) is 0 Å². The van der Waals surface area contributed by atoms with E-state index in [9.17, 15) is 4.79 Å². The fourth-order valence-corrected chi connectivity index (χ4v) is 1.34. The first-order chi connectivity index (χ1) is 6.66. The topological polar surface area (TPSA) is 32.3 Å². The van der Waals surface area contributed by atoms with E-state index in [0.29, 0.717) is 0 Å². The monoisotopic (exact) mass is 192 g/mol. The molecule has 3 heteroatoms. The van der Waals surface area contributed by atoms with Crippen molar-refractivity contribution in [2.24, 2.45) is 0 Å². The lowest BCUT2D eigenvalue weighted by Gasteiger charge is -2.20. The highest BCUT2D eigenvalue weighted by molar-refractivity contribution is 5.82. The fraction of sp³-hybridized carbons (Fsp3) is 0.364. The van der Waals surface area contributed by atoms with Crippen LogP contribution in [0.5, 0.6) is 0 Å². The number of rotatable bonds is 3. The largest absolute Gasteiger partial charge is 0.347 e. The predicted molar refractivity (Wildman–Crippen MR) is 56.9 cm³/mol. The van der Waals surface area contributed by atoms with Gasteiger partial charge in [-0.2, -0.15) is 0 Å². The maximum Gasteiger partial charge on any atom is 0.243 e. The molecule has 76 valence electrons. The van der Waals surface area contributed by atoms with Gasteiger partial charge in [-0.3, -0.25) is 4.79 Å². The van der Waals surface area contributed by atoms with Crippen LogP contribution in [0.15, 0.2) is 30.3 Å². The summed E-state index contributed by atoms with van der Waals surface area (Å²) in [5.41, 5.74) is 0.994. The van der Waals surface area contributed by atoms with Crippen LogP contribution in [0, 0.1) is 0 Å². The van der Waals surface area contributed by atoms with Crippen LogP contribution in [0.4, 0.5) is 0 Å². The van der Waals surface area contributed by atoms with Gasteiger partial charge < -0.3 is 10.2 Å². The quantitative estimate of drug-likeness (QED) is 0.776. The van der Waals surface area contributed by atoms with Crippen molar-refractivity contribution in [2.75, 3.05) is 21.1 Å². The van der Waals surface area contributed by atoms with E-state index >= 15 is 0 Å². The number of amides is 1. The maximum atomic E-state index is 11.7. The minimum absolute atomic E-state index is 0.0682. The van der Waals surface area contributed by atoms with Crippen molar-refractivity contribution in [3.8, 4) is 0 Å². The summed E-state index contributed by atoms with van der Waals surface area (Å²) in [6.45, 7) is 0. The molecule has 1 N–H and O–H groups in total. The molecule has 1 rings (SSSR count). The maximum absolute atomic E-state index is 11.7. The van der Waals surface area contributed by atoms with E-state index in [1.807, 2.05) is 30.3 Å². The predicted octanol–water partition coefficient (Wildman–Crippen LogP) is 1.04. The second kappa shape index (κ2) is 4.77. The molecule has 1 aromatic rings. The Morgan fingerprint density at radius 3 is 2.29 bits per heavy atom. The fourth-order valence-electron chi connectivity index (χ4n) is 1.34. The van der Waals surface area contributed by atoms with Gasteiger partial charge in [-0.05, 0) is 12.6 Å². The Hall–Kier alpha value is -1.35. The molecule has 1 atom stereocenters. The van der Waals surface area contributed by atoms with Crippen molar-refractivity contribution in [3.05, 3.63) is 35.9 Å². The molecule has 3 nitrogen and oxygen atoms in total. The number of benzene rings is 1. The molecule has 0 radical (unpaired) electrons. The highest BCUT2D eigenvalue weighted by Crippen LogP contribution is 2.13. The van der Waals surface area contributed by atoms with Crippen LogP contribution in [-0.2, 0) is 4.79 Å². The SMILES string of the molecule is CNC(C(=O)N(C)C)c1ccccc1. The van der Waals surface area contributed by atoms with Gasteiger partial charge in [0.1, 0.15) is 6.04 Å². The standard InChI is InChI=1S/C11H16N2O/c1-12-10(11(14)13(2)3)9-7-5-4-6-8-9/h4-8,10,12H,1-3H3. The lowest BCUT2D eigenvalue weighted by Crippen LogP contribution is -2.35. The van der Waals surface area contributed by atoms with Crippen molar-refractivity contribution in [1.82, 2.24) is 10.2 Å². The smallest absolute Gasteiger partial charge is 0.243 e. The first-order valence-electron chi connectivity index (χ1n) is 4.60. The molecule has 1 amide bonds. The Morgan fingerprint density at radius 1 is 1.29 bits per heavy atom. The second-order valence-electron chi connectivity index (χ2n) is 3.37. The van der Waals surface area contributed by atoms with Crippen LogP contribution in [0.1, 0.15) is 11.6 Å². The molecule has 0 spiro atoms. The molecule has 0 saturated heterocycles. The van der Waals surface area contributed by atoms with Gasteiger partial charge in [0.25, 0.3) is 0 Å². The number of carbonyl (C=O) groups is 1. The van der Waals surface area contributed by atoms with Crippen molar-refractivity contribution in [3.63, 3.8) is 0 Å². The molecule has 1 unspecified atom stereocenters. The van der Waals surface area contributed by atoms with Crippen LogP contribution in [0.2, 0.25) is 0 Å². The second-order valence-corrected chi connectivity index (χ2v) is 3.37. The zero-order valence-electron chi connectivity index (χ0n) is 8.82. The third-order valence-electron chi connectivity index (χ3n) is 2.11. The number of carbonyl (C=O) groups excluding carboxylic acids is 1. The third kappa shape index (κ3) is 2.33. The van der Waals surface area contributed by atoms with E-state index in [1.54, 1.807) is 26.0 Å². The Bertz CT molecular complexity index is 295. The molecule has 0 aliphatic carbocycles. The summed E-state index contributed by atoms with van der Waals surface area (Å²) in [6, 6.07) is 9.46. The molecular weight excluding hydrogens is 176 g/mol. The zero-order valence-corrected chi connectivity index (χ0v) is 8.82. The molecule has 0 aliphatic heterocycles. The van der Waals surface area contributed by atoms with Gasteiger partial charge in [-0.25, -0.2) is 0 Å². The summed E-state index contributed by atoms with van der Waals surface area (Å²) >= 11 is 0. The highest BCUT2D eigenvalue weighted by Gasteiger charge is 2.19. The first-order valence-corrected chi connectivity index (χ1v) is 4.60. The number of nitrogens with one attached hydrogen (secondary N) is 1. The number of hydrogen-bond acceptors (Lipinski definition) is 2. The van der Waals surface area contributed by atoms with E-state index in [-0.39, 0.29) is 11.9 Å². The van der Waals surface area contributed by atoms with E-state index in [1.165, 1.54) is 0 Å². The summed E-state index contributed by atoms with van der Waals surface area (Å²) in [5, 5.41) is 3.01. The van der Waals surface area contributed by atoms with Crippen LogP contribution in [-0.4, -0.2) is 32.0 Å². The minimum Gasteiger partial charge on any atom is -0.347 e. The third-order valence-corrected chi connectivity index (χ3v) is 2.11. The number of nitrogens with zero attached hydrogens (tertiary/aromatic N) is 1. The molecule has 1 aromatic carbocycles. The van der Waals surface area contributed by atoms with Crippen LogP contribution < -0.4 is 5.32 Å². The lowest BCUT2D eigenvalue weighted by atomic mass is 10.1. The van der Waals surface area contributed by atoms with Crippen molar-refractivity contribution < 1.29 is 4.79 Å². The van der Waals surface area contributed by atoms with Crippen LogP contribution >= 0.6 is 0 Å². The average Bonchev–Trinajstić information content (AvgIpc) is 2.20. The van der Waals surface area contributed by atoms with Crippen molar-refractivity contribution in [2.45, 2.75) is 6.04 Å². The summed E-state index contributed by atoms with van der Waals surface area (Å²) in [7, 11) is 5.31. The van der Waals surface area contributed by atoms with Crippen LogP contribution in [0.3, 0.4) is 0 Å². The molecule has 14 heavy (non-hydrogen) atoms. The molecule has 0 aromatic heterocycles. The Labute approximate surface area is 84.7 Å². The molecular formula is C11H16N2O. The summed E-state index contributed by atoms with van der Waals surface area (Å²) < 4.78 is 0. The highest BCUT2D eigenvalue weighted by atomic mass is 16.2. The minimum atomic E-state index is -0.244. The van der Waals surface area contributed by atoms with Crippen LogP contribution in [0.25, 0.3) is 0 Å². The Balaban J connectivity index is 2.88. The zero-order chi connectivity index (χ0) is 10.6. The van der Waals surface area contributed by atoms with E-state index in [4.69, 9.17) is 0 Å². The summed E-state index contributed by atoms with van der Waals surface area (Å²) in [4.78, 5) is 13.3. The molecule has 0 fully saturated rings. The van der Waals surface area contributed by atoms with E-state index < -0.39 is 0 Å². The van der Waals surface area contributed by atoms with E-state index in [0.717, 1.165) is 5.56 Å². The van der Waals surface area contributed by atoms with Gasteiger partial charge in [0.2, 0.25) is 5.91 Å². The average molecular weight is 192 g/mol. The van der Waals surface area contributed by atoms with E-state index in [2.05, 4.69) is 5.32 Å². The lowest BCUT2D eigenvalue weighted by molar-refractivity contribution is -0.130. The van der Waals surface area contributed by atoms with Gasteiger partial charge in [0, 0.05) is 14.1 Å².